The Labute approximate surface area is 194 Å². The summed E-state index contributed by atoms with van der Waals surface area (Å²) in [6.07, 6.45) is 1.98. The van der Waals surface area contributed by atoms with E-state index in [9.17, 15) is 14.4 Å². The predicted octanol–water partition coefficient (Wildman–Crippen LogP) is 3.30. The highest BCUT2D eigenvalue weighted by molar-refractivity contribution is 5.82. The molecule has 0 bridgehead atoms. The number of methoxy groups -OCH3 is 2. The zero-order valence-corrected chi connectivity index (χ0v) is 20.4. The first-order chi connectivity index (χ1) is 15.4. The van der Waals surface area contributed by atoms with Gasteiger partial charge in [0, 0.05) is 11.0 Å². The Hall–Kier alpha value is -3.23. The molecule has 0 amide bonds. The van der Waals surface area contributed by atoms with Gasteiger partial charge in [-0.15, -0.1) is 5.10 Å². The van der Waals surface area contributed by atoms with E-state index in [2.05, 4.69) is 10.3 Å². The van der Waals surface area contributed by atoms with E-state index >= 15 is 0 Å². The topological polar surface area (TPSA) is 110 Å². The number of carbonyl (C=O) groups excluding carboxylic acids is 3. The molecule has 2 aromatic rings. The molecule has 0 aliphatic carbocycles. The molecule has 2 unspecified atom stereocenters. The summed E-state index contributed by atoms with van der Waals surface area (Å²) in [6, 6.07) is 7.78. The van der Waals surface area contributed by atoms with Crippen molar-refractivity contribution in [3.8, 4) is 11.3 Å². The SMILES string of the molecule is COC(=O)C(C)(CC(C)(C)COC=O)CC(C)(C(=O)OC)n1cc(-c2ccc(C)cc2)nn1. The predicted molar refractivity (Wildman–Crippen MR) is 121 cm³/mol. The Balaban J connectivity index is 2.48. The van der Waals surface area contributed by atoms with Crippen LogP contribution in [0.3, 0.4) is 0 Å². The number of nitrogens with zero attached hydrogens (tertiary/aromatic N) is 3. The second-order valence-electron chi connectivity index (χ2n) is 9.66. The Bertz CT molecular complexity index is 984. The van der Waals surface area contributed by atoms with Gasteiger partial charge in [0.1, 0.15) is 5.69 Å². The van der Waals surface area contributed by atoms with Crippen LogP contribution < -0.4 is 0 Å². The molecular weight excluding hydrogens is 426 g/mol. The minimum Gasteiger partial charge on any atom is -0.469 e. The number of esters is 2. The molecule has 1 aromatic heterocycles. The first-order valence-corrected chi connectivity index (χ1v) is 10.6. The normalized spacial score (nSPS) is 15.1. The van der Waals surface area contributed by atoms with Crippen molar-refractivity contribution in [2.75, 3.05) is 20.8 Å². The van der Waals surface area contributed by atoms with E-state index in [1.54, 1.807) is 20.0 Å². The molecule has 9 heteroatoms. The highest BCUT2D eigenvalue weighted by Crippen LogP contribution is 2.43. The second-order valence-corrected chi connectivity index (χ2v) is 9.66. The average Bonchev–Trinajstić information content (AvgIpc) is 3.27. The van der Waals surface area contributed by atoms with Gasteiger partial charge < -0.3 is 14.2 Å². The van der Waals surface area contributed by atoms with Crippen LogP contribution in [0.15, 0.2) is 30.5 Å². The summed E-state index contributed by atoms with van der Waals surface area (Å²) in [6.45, 7) is 9.60. The Morgan fingerprint density at radius 3 is 2.15 bits per heavy atom. The summed E-state index contributed by atoms with van der Waals surface area (Å²) in [5, 5.41) is 8.45. The third-order valence-electron chi connectivity index (χ3n) is 5.79. The van der Waals surface area contributed by atoms with Crippen molar-refractivity contribution >= 4 is 18.4 Å². The van der Waals surface area contributed by atoms with E-state index in [1.807, 2.05) is 45.0 Å². The lowest BCUT2D eigenvalue weighted by Gasteiger charge is -2.39. The quantitative estimate of drug-likeness (QED) is 0.286. The number of benzene rings is 1. The van der Waals surface area contributed by atoms with Crippen LogP contribution in [0, 0.1) is 17.8 Å². The van der Waals surface area contributed by atoms with Gasteiger partial charge in [0.15, 0.2) is 5.54 Å². The van der Waals surface area contributed by atoms with Crippen LogP contribution in [0.1, 0.15) is 46.1 Å². The van der Waals surface area contributed by atoms with E-state index in [-0.39, 0.29) is 19.4 Å². The van der Waals surface area contributed by atoms with Crippen LogP contribution >= 0.6 is 0 Å². The molecule has 1 heterocycles. The summed E-state index contributed by atoms with van der Waals surface area (Å²) >= 11 is 0. The molecular formula is C24H33N3O6. The highest BCUT2D eigenvalue weighted by Gasteiger charge is 2.50. The minimum atomic E-state index is -1.35. The fourth-order valence-electron chi connectivity index (χ4n) is 4.41. The maximum Gasteiger partial charge on any atom is 0.333 e. The number of hydrogen-bond acceptors (Lipinski definition) is 8. The summed E-state index contributed by atoms with van der Waals surface area (Å²) in [5.74, 6) is -1.06. The summed E-state index contributed by atoms with van der Waals surface area (Å²) < 4.78 is 16.6. The zero-order chi connectivity index (χ0) is 24.9. The molecule has 0 spiro atoms. The third kappa shape index (κ3) is 5.97. The third-order valence-corrected chi connectivity index (χ3v) is 5.79. The lowest BCUT2D eigenvalue weighted by atomic mass is 9.68. The maximum absolute atomic E-state index is 13.0. The van der Waals surface area contributed by atoms with Crippen LogP contribution in [0.25, 0.3) is 11.3 Å². The van der Waals surface area contributed by atoms with E-state index in [0.29, 0.717) is 12.2 Å². The van der Waals surface area contributed by atoms with Crippen molar-refractivity contribution in [3.63, 3.8) is 0 Å². The molecule has 0 N–H and O–H groups in total. The Kier molecular flexibility index (Phi) is 8.00. The molecule has 0 saturated heterocycles. The van der Waals surface area contributed by atoms with Gasteiger partial charge in [-0.2, -0.15) is 0 Å². The van der Waals surface area contributed by atoms with Crippen molar-refractivity contribution in [2.24, 2.45) is 10.8 Å². The standard InChI is InChI=1S/C24H33N3O6/c1-17-8-10-18(11-9-17)19-12-27(26-25-19)24(5,21(30)32-7)14-23(4,20(29)31-6)13-22(2,3)15-33-16-28/h8-12,16H,13-15H2,1-7H3. The fraction of sp³-hybridized carbons (Fsp3) is 0.542. The fourth-order valence-corrected chi connectivity index (χ4v) is 4.41. The van der Waals surface area contributed by atoms with Gasteiger partial charge in [0.25, 0.3) is 6.47 Å². The molecule has 2 atom stereocenters. The van der Waals surface area contributed by atoms with Gasteiger partial charge in [0.05, 0.1) is 32.4 Å². The van der Waals surface area contributed by atoms with Crippen LogP contribution in [-0.2, 0) is 34.1 Å². The Morgan fingerprint density at radius 1 is 1.00 bits per heavy atom. The van der Waals surface area contributed by atoms with Gasteiger partial charge in [-0.05, 0) is 33.6 Å². The average molecular weight is 460 g/mol. The second kappa shape index (κ2) is 10.1. The molecule has 33 heavy (non-hydrogen) atoms. The molecule has 0 aliphatic heterocycles. The first kappa shape index (κ1) is 26.0. The van der Waals surface area contributed by atoms with E-state index in [1.165, 1.54) is 18.9 Å². The van der Waals surface area contributed by atoms with Gasteiger partial charge >= 0.3 is 11.9 Å². The molecule has 0 radical (unpaired) electrons. The molecule has 0 aliphatic rings. The van der Waals surface area contributed by atoms with Gasteiger partial charge in [0.2, 0.25) is 0 Å². The summed E-state index contributed by atoms with van der Waals surface area (Å²) in [4.78, 5) is 36.6. The molecule has 9 nitrogen and oxygen atoms in total. The zero-order valence-electron chi connectivity index (χ0n) is 20.4. The van der Waals surface area contributed by atoms with E-state index in [4.69, 9.17) is 14.2 Å². The van der Waals surface area contributed by atoms with Crippen molar-refractivity contribution < 1.29 is 28.6 Å². The summed E-state index contributed by atoms with van der Waals surface area (Å²) in [5.41, 5.74) is -0.485. The van der Waals surface area contributed by atoms with Crippen LogP contribution in [0.5, 0.6) is 0 Å². The number of hydrogen-bond donors (Lipinski definition) is 0. The van der Waals surface area contributed by atoms with Crippen LogP contribution in [0.2, 0.25) is 0 Å². The molecule has 0 saturated carbocycles. The Morgan fingerprint density at radius 2 is 1.61 bits per heavy atom. The smallest absolute Gasteiger partial charge is 0.333 e. The number of aromatic nitrogens is 3. The van der Waals surface area contributed by atoms with Crippen molar-refractivity contribution in [1.29, 1.82) is 0 Å². The molecule has 180 valence electrons. The largest absolute Gasteiger partial charge is 0.469 e. The highest BCUT2D eigenvalue weighted by atomic mass is 16.5. The van der Waals surface area contributed by atoms with Crippen LogP contribution in [0.4, 0.5) is 0 Å². The number of aryl methyl sites for hydroxylation is 1. The molecule has 0 fully saturated rings. The monoisotopic (exact) mass is 459 g/mol. The lowest BCUT2D eigenvalue weighted by molar-refractivity contribution is -0.162. The number of ether oxygens (including phenoxy) is 3. The van der Waals surface area contributed by atoms with Gasteiger partial charge in [-0.3, -0.25) is 9.59 Å². The molecule has 1 aromatic carbocycles. The summed E-state index contributed by atoms with van der Waals surface area (Å²) in [7, 11) is 2.59. The number of carbonyl (C=O) groups is 3. The van der Waals surface area contributed by atoms with E-state index < -0.39 is 28.3 Å². The van der Waals surface area contributed by atoms with Crippen molar-refractivity contribution in [2.45, 2.75) is 53.0 Å². The van der Waals surface area contributed by atoms with Crippen molar-refractivity contribution in [1.82, 2.24) is 15.0 Å². The number of rotatable bonds is 11. The lowest BCUT2D eigenvalue weighted by Crippen LogP contribution is -2.48. The van der Waals surface area contributed by atoms with E-state index in [0.717, 1.165) is 11.1 Å². The maximum atomic E-state index is 13.0. The van der Waals surface area contributed by atoms with Crippen molar-refractivity contribution in [3.05, 3.63) is 36.0 Å². The van der Waals surface area contributed by atoms with Gasteiger partial charge in [-0.25, -0.2) is 9.48 Å². The minimum absolute atomic E-state index is 0.0283. The first-order valence-electron chi connectivity index (χ1n) is 10.6. The molecule has 2 rings (SSSR count). The van der Waals surface area contributed by atoms with Gasteiger partial charge in [-0.1, -0.05) is 48.9 Å². The van der Waals surface area contributed by atoms with Crippen LogP contribution in [-0.4, -0.2) is 54.2 Å².